The maximum absolute atomic E-state index is 11.8. The van der Waals surface area contributed by atoms with Crippen LogP contribution >= 0.6 is 11.6 Å². The van der Waals surface area contributed by atoms with Crippen LogP contribution < -0.4 is 0 Å². The van der Waals surface area contributed by atoms with Gasteiger partial charge in [-0.3, -0.25) is 4.79 Å². The zero-order chi connectivity index (χ0) is 15.7. The third-order valence-electron chi connectivity index (χ3n) is 7.90. The van der Waals surface area contributed by atoms with Crippen molar-refractivity contribution < 1.29 is 9.90 Å². The van der Waals surface area contributed by atoms with Crippen LogP contribution in [0.15, 0.2) is 11.6 Å². The normalized spacial score (nSPS) is 54.3. The van der Waals surface area contributed by atoms with E-state index in [-0.39, 0.29) is 22.3 Å². The number of ketones is 1. The van der Waals surface area contributed by atoms with E-state index in [1.165, 1.54) is 18.4 Å². The molecule has 3 heteroatoms. The Bertz CT molecular complexity index is 542. The van der Waals surface area contributed by atoms with E-state index in [2.05, 4.69) is 13.8 Å². The van der Waals surface area contributed by atoms with Crippen molar-refractivity contribution in [1.82, 2.24) is 0 Å². The van der Waals surface area contributed by atoms with Crippen LogP contribution in [0.25, 0.3) is 0 Å². The zero-order valence-corrected chi connectivity index (χ0v) is 14.4. The van der Waals surface area contributed by atoms with E-state index in [4.69, 9.17) is 11.6 Å². The summed E-state index contributed by atoms with van der Waals surface area (Å²) in [6.07, 6.45) is 8.82. The molecule has 22 heavy (non-hydrogen) atoms. The molecule has 0 saturated heterocycles. The average molecular weight is 323 g/mol. The van der Waals surface area contributed by atoms with Crippen LogP contribution in [-0.4, -0.2) is 22.4 Å². The molecule has 0 aromatic carbocycles. The summed E-state index contributed by atoms with van der Waals surface area (Å²) in [5, 5.41) is 10.5. The average Bonchev–Trinajstić information content (AvgIpc) is 2.72. The maximum atomic E-state index is 11.8. The molecule has 1 N–H and O–H groups in total. The van der Waals surface area contributed by atoms with Crippen molar-refractivity contribution >= 4 is 17.4 Å². The third-order valence-corrected chi connectivity index (χ3v) is 8.31. The minimum atomic E-state index is -0.349. The number of alkyl halides is 1. The number of hydrogen-bond acceptors (Lipinski definition) is 2. The lowest BCUT2D eigenvalue weighted by molar-refractivity contribution is -0.118. The monoisotopic (exact) mass is 322 g/mol. The Morgan fingerprint density at radius 1 is 1.18 bits per heavy atom. The molecule has 0 radical (unpaired) electrons. The molecular formula is C19H27ClO2. The van der Waals surface area contributed by atoms with Crippen LogP contribution in [0.2, 0.25) is 0 Å². The molecule has 122 valence electrons. The Labute approximate surface area is 138 Å². The lowest BCUT2D eigenvalue weighted by Gasteiger charge is -2.57. The fraction of sp³-hybridized carbons (Fsp3) is 0.842. The molecular weight excluding hydrogens is 296 g/mol. The van der Waals surface area contributed by atoms with E-state index in [0.717, 1.165) is 25.7 Å². The molecule has 3 fully saturated rings. The van der Waals surface area contributed by atoms with Gasteiger partial charge in [-0.15, -0.1) is 11.6 Å². The highest BCUT2D eigenvalue weighted by Gasteiger charge is 2.60. The fourth-order valence-electron chi connectivity index (χ4n) is 6.50. The molecule has 0 bridgehead atoms. The van der Waals surface area contributed by atoms with Crippen molar-refractivity contribution in [3.63, 3.8) is 0 Å². The standard InChI is InChI=1S/C19H27ClO2/c1-18-7-5-12(21)9-11(18)3-4-13-14(18)6-8-19(2)15(13)10-16(20)17(19)22/h9,13-17,22H,3-8,10H2,1-2H3/t13-,14+,15+,16-,17+,18+,19+/m1/s1. The second kappa shape index (κ2) is 4.83. The lowest BCUT2D eigenvalue weighted by atomic mass is 9.47. The predicted octanol–water partition coefficient (Wildman–Crippen LogP) is 4.10. The fourth-order valence-corrected chi connectivity index (χ4v) is 6.98. The van der Waals surface area contributed by atoms with E-state index in [1.54, 1.807) is 0 Å². The minimum absolute atomic E-state index is 0.00957. The van der Waals surface area contributed by atoms with E-state index >= 15 is 0 Å². The van der Waals surface area contributed by atoms with Crippen LogP contribution in [0.4, 0.5) is 0 Å². The highest BCUT2D eigenvalue weighted by molar-refractivity contribution is 6.21. The van der Waals surface area contributed by atoms with Gasteiger partial charge in [0, 0.05) is 6.42 Å². The second-order valence-corrected chi connectivity index (χ2v) is 9.27. The van der Waals surface area contributed by atoms with Crippen molar-refractivity contribution in [3.05, 3.63) is 11.6 Å². The summed E-state index contributed by atoms with van der Waals surface area (Å²) in [6.45, 7) is 4.66. The van der Waals surface area contributed by atoms with Gasteiger partial charge in [0.15, 0.2) is 5.78 Å². The molecule has 4 rings (SSSR count). The summed E-state index contributed by atoms with van der Waals surface area (Å²) in [5.74, 6) is 2.23. The third kappa shape index (κ3) is 1.86. The van der Waals surface area contributed by atoms with Crippen LogP contribution in [0, 0.1) is 28.6 Å². The molecule has 0 heterocycles. The summed E-state index contributed by atoms with van der Waals surface area (Å²) in [7, 11) is 0. The first-order valence-electron chi connectivity index (χ1n) is 8.92. The summed E-state index contributed by atoms with van der Waals surface area (Å²) < 4.78 is 0. The van der Waals surface area contributed by atoms with Gasteiger partial charge in [0.05, 0.1) is 11.5 Å². The number of allylic oxidation sites excluding steroid dienone is 1. The molecule has 0 amide bonds. The number of fused-ring (bicyclic) bond motifs is 5. The predicted molar refractivity (Wildman–Crippen MR) is 87.7 cm³/mol. The number of aliphatic hydroxyl groups is 1. The van der Waals surface area contributed by atoms with E-state index < -0.39 is 0 Å². The van der Waals surface area contributed by atoms with Gasteiger partial charge in [0.2, 0.25) is 0 Å². The van der Waals surface area contributed by atoms with Crippen LogP contribution in [0.5, 0.6) is 0 Å². The van der Waals surface area contributed by atoms with E-state index in [0.29, 0.717) is 30.0 Å². The minimum Gasteiger partial charge on any atom is -0.391 e. The van der Waals surface area contributed by atoms with Crippen molar-refractivity contribution in [2.75, 3.05) is 0 Å². The topological polar surface area (TPSA) is 37.3 Å². The molecule has 0 unspecified atom stereocenters. The van der Waals surface area contributed by atoms with Crippen LogP contribution in [0.3, 0.4) is 0 Å². The summed E-state index contributed by atoms with van der Waals surface area (Å²) in [4.78, 5) is 11.8. The first-order chi connectivity index (χ1) is 10.4. The first kappa shape index (κ1) is 15.2. The number of aliphatic hydroxyl groups excluding tert-OH is 1. The molecule has 0 spiro atoms. The van der Waals surface area contributed by atoms with Crippen LogP contribution in [0.1, 0.15) is 58.8 Å². The summed E-state index contributed by atoms with van der Waals surface area (Å²) in [5.41, 5.74) is 1.64. The van der Waals surface area contributed by atoms with Crippen molar-refractivity contribution in [3.8, 4) is 0 Å². The van der Waals surface area contributed by atoms with Gasteiger partial charge in [-0.25, -0.2) is 0 Å². The largest absolute Gasteiger partial charge is 0.391 e. The molecule has 0 aromatic rings. The number of hydrogen-bond donors (Lipinski definition) is 1. The Balaban J connectivity index is 1.69. The highest BCUT2D eigenvalue weighted by atomic mass is 35.5. The van der Waals surface area contributed by atoms with Gasteiger partial charge in [0.1, 0.15) is 0 Å². The number of halogens is 1. The van der Waals surface area contributed by atoms with Crippen molar-refractivity contribution in [1.29, 1.82) is 0 Å². The first-order valence-corrected chi connectivity index (χ1v) is 9.36. The molecule has 3 saturated carbocycles. The molecule has 0 aliphatic heterocycles. The molecule has 0 aromatic heterocycles. The number of carbonyl (C=O) groups is 1. The maximum Gasteiger partial charge on any atom is 0.155 e. The SMILES string of the molecule is C[C@]12CC[C@H]3[C@@H](CCC4=CC(=O)CC[C@@]43C)[C@@H]1C[C@@H](Cl)[C@@H]2O. The van der Waals surface area contributed by atoms with Gasteiger partial charge in [-0.1, -0.05) is 19.4 Å². The smallest absolute Gasteiger partial charge is 0.155 e. The van der Waals surface area contributed by atoms with E-state index in [1.807, 2.05) is 6.08 Å². The lowest BCUT2D eigenvalue weighted by Crippen LogP contribution is -2.51. The van der Waals surface area contributed by atoms with Gasteiger partial charge in [0.25, 0.3) is 0 Å². The Hall–Kier alpha value is -0.340. The molecule has 2 nitrogen and oxygen atoms in total. The van der Waals surface area contributed by atoms with Crippen LogP contribution in [-0.2, 0) is 4.79 Å². The van der Waals surface area contributed by atoms with E-state index in [9.17, 15) is 9.90 Å². The summed E-state index contributed by atoms with van der Waals surface area (Å²) >= 11 is 6.44. The number of carbonyl (C=O) groups excluding carboxylic acids is 1. The Morgan fingerprint density at radius 2 is 1.95 bits per heavy atom. The van der Waals surface area contributed by atoms with Crippen molar-refractivity contribution in [2.45, 2.75) is 70.3 Å². The molecule has 7 atom stereocenters. The highest BCUT2D eigenvalue weighted by Crippen LogP contribution is 2.65. The molecule has 4 aliphatic carbocycles. The number of rotatable bonds is 0. The quantitative estimate of drug-likeness (QED) is 0.682. The Morgan fingerprint density at radius 3 is 2.73 bits per heavy atom. The van der Waals surface area contributed by atoms with Crippen molar-refractivity contribution in [2.24, 2.45) is 28.6 Å². The zero-order valence-electron chi connectivity index (χ0n) is 13.6. The second-order valence-electron chi connectivity index (χ2n) is 8.71. The molecule has 4 aliphatic rings. The Kier molecular flexibility index (Phi) is 3.34. The van der Waals surface area contributed by atoms with Gasteiger partial charge in [-0.05, 0) is 73.2 Å². The van der Waals surface area contributed by atoms with Gasteiger partial charge < -0.3 is 5.11 Å². The summed E-state index contributed by atoms with van der Waals surface area (Å²) in [6, 6.07) is 0. The van der Waals surface area contributed by atoms with Gasteiger partial charge >= 0.3 is 0 Å². The van der Waals surface area contributed by atoms with Gasteiger partial charge in [-0.2, -0.15) is 0 Å².